The van der Waals surface area contributed by atoms with Gasteiger partial charge in [-0.1, -0.05) is 47.1 Å². The molecular formula is C14H16ClN3O3. The lowest BCUT2D eigenvalue weighted by molar-refractivity contribution is -0.140. The zero-order valence-corrected chi connectivity index (χ0v) is 12.1. The maximum Gasteiger partial charge on any atom is 0.344 e. The first-order chi connectivity index (χ1) is 10.2. The summed E-state index contributed by atoms with van der Waals surface area (Å²) in [5.41, 5.74) is 1.01. The third-order valence-electron chi connectivity index (χ3n) is 3.91. The van der Waals surface area contributed by atoms with Crippen LogP contribution in [0.15, 0.2) is 35.5 Å². The van der Waals surface area contributed by atoms with Crippen molar-refractivity contribution in [3.63, 3.8) is 0 Å². The van der Waals surface area contributed by atoms with E-state index in [2.05, 4.69) is 5.16 Å². The quantitative estimate of drug-likeness (QED) is 0.528. The van der Waals surface area contributed by atoms with Gasteiger partial charge in [0.05, 0.1) is 12.1 Å². The highest BCUT2D eigenvalue weighted by molar-refractivity contribution is 6.66. The van der Waals surface area contributed by atoms with Crippen LogP contribution in [0.3, 0.4) is 0 Å². The summed E-state index contributed by atoms with van der Waals surface area (Å²) in [6.07, 6.45) is 1.44. The van der Waals surface area contributed by atoms with Gasteiger partial charge in [-0.15, -0.1) is 0 Å². The van der Waals surface area contributed by atoms with Crippen molar-refractivity contribution in [1.82, 2.24) is 9.96 Å². The lowest BCUT2D eigenvalue weighted by Crippen LogP contribution is -2.43. The number of hydrogen-bond donors (Lipinski definition) is 1. The minimum Gasteiger partial charge on any atom is -0.410 e. The van der Waals surface area contributed by atoms with Crippen molar-refractivity contribution in [2.75, 3.05) is 6.54 Å². The van der Waals surface area contributed by atoms with Gasteiger partial charge in [-0.3, -0.25) is 4.84 Å². The van der Waals surface area contributed by atoms with Crippen LogP contribution < -0.4 is 0 Å². The van der Waals surface area contributed by atoms with Crippen LogP contribution in [0.2, 0.25) is 0 Å². The third-order valence-corrected chi connectivity index (χ3v) is 4.23. The molecule has 0 radical (unpaired) electrons. The first kappa shape index (κ1) is 14.2. The highest BCUT2D eigenvalue weighted by atomic mass is 35.5. The van der Waals surface area contributed by atoms with E-state index in [9.17, 15) is 4.79 Å². The Morgan fingerprint density at radius 3 is 2.86 bits per heavy atom. The van der Waals surface area contributed by atoms with Crippen LogP contribution in [0.5, 0.6) is 0 Å². The Morgan fingerprint density at radius 1 is 1.38 bits per heavy atom. The normalized spacial score (nSPS) is 25.6. The number of fused-ring (bicyclic) bond motifs is 2. The van der Waals surface area contributed by atoms with Crippen molar-refractivity contribution in [3.8, 4) is 0 Å². The molecule has 2 saturated heterocycles. The zero-order valence-electron chi connectivity index (χ0n) is 11.4. The van der Waals surface area contributed by atoms with Crippen LogP contribution >= 0.6 is 11.6 Å². The number of oxime groups is 1. The minimum atomic E-state index is -0.356. The number of carbonyl (C=O) groups is 1. The predicted molar refractivity (Wildman–Crippen MR) is 77.1 cm³/mol. The molecule has 0 unspecified atom stereocenters. The molecule has 0 aliphatic carbocycles. The van der Waals surface area contributed by atoms with E-state index in [1.165, 1.54) is 5.06 Å². The van der Waals surface area contributed by atoms with E-state index >= 15 is 0 Å². The molecule has 112 valence electrons. The zero-order chi connectivity index (χ0) is 14.8. The number of carbonyl (C=O) groups excluding carboxylic acids is 1. The van der Waals surface area contributed by atoms with Gasteiger partial charge >= 0.3 is 6.03 Å². The molecule has 1 aromatic carbocycles. The number of nitrogens with zero attached hydrogens (tertiary/aromatic N) is 3. The summed E-state index contributed by atoms with van der Waals surface area (Å²) in [6, 6.07) is 9.14. The summed E-state index contributed by atoms with van der Waals surface area (Å²) in [6.45, 7) is 0.896. The Kier molecular flexibility index (Phi) is 3.98. The van der Waals surface area contributed by atoms with Gasteiger partial charge in [-0.2, -0.15) is 5.06 Å². The maximum absolute atomic E-state index is 12.4. The molecule has 3 rings (SSSR count). The molecule has 7 heteroatoms. The fraction of sp³-hybridized carbons (Fsp3) is 0.429. The maximum atomic E-state index is 12.4. The SMILES string of the molecule is O=C1N2C[C@@H](CC[C@H]2/C(Cl)=N/O)N1OCc1ccccc1. The smallest absolute Gasteiger partial charge is 0.344 e. The Bertz CT molecular complexity index is 552. The average Bonchev–Trinajstić information content (AvgIpc) is 2.77. The van der Waals surface area contributed by atoms with Crippen molar-refractivity contribution >= 4 is 22.8 Å². The van der Waals surface area contributed by atoms with Crippen molar-refractivity contribution in [3.05, 3.63) is 35.9 Å². The Labute approximate surface area is 127 Å². The van der Waals surface area contributed by atoms with Crippen LogP contribution in [-0.4, -0.2) is 45.0 Å². The molecule has 2 bridgehead atoms. The highest BCUT2D eigenvalue weighted by Crippen LogP contribution is 2.31. The first-order valence-corrected chi connectivity index (χ1v) is 7.22. The Morgan fingerprint density at radius 2 is 2.14 bits per heavy atom. The second-order valence-electron chi connectivity index (χ2n) is 5.19. The molecule has 21 heavy (non-hydrogen) atoms. The van der Waals surface area contributed by atoms with Crippen LogP contribution in [-0.2, 0) is 11.4 Å². The van der Waals surface area contributed by atoms with Crippen molar-refractivity contribution in [2.45, 2.75) is 31.5 Å². The number of piperidine rings is 1. The van der Waals surface area contributed by atoms with Crippen LogP contribution in [0.25, 0.3) is 0 Å². The number of halogens is 1. The topological polar surface area (TPSA) is 65.4 Å². The molecule has 0 aromatic heterocycles. The Hall–Kier alpha value is -1.79. The van der Waals surface area contributed by atoms with E-state index in [4.69, 9.17) is 21.6 Å². The van der Waals surface area contributed by atoms with E-state index in [0.717, 1.165) is 12.0 Å². The molecule has 6 nitrogen and oxygen atoms in total. The highest BCUT2D eigenvalue weighted by Gasteiger charge is 2.47. The summed E-state index contributed by atoms with van der Waals surface area (Å²) < 4.78 is 0. The minimum absolute atomic E-state index is 0.0284. The van der Waals surface area contributed by atoms with Crippen molar-refractivity contribution < 1.29 is 14.8 Å². The molecule has 2 atom stereocenters. The predicted octanol–water partition coefficient (Wildman–Crippen LogP) is 2.41. The molecule has 2 fully saturated rings. The summed E-state index contributed by atoms with van der Waals surface area (Å²) >= 11 is 5.87. The second kappa shape index (κ2) is 5.91. The number of benzene rings is 1. The van der Waals surface area contributed by atoms with Gasteiger partial charge < -0.3 is 10.1 Å². The van der Waals surface area contributed by atoms with E-state index in [1.807, 2.05) is 30.3 Å². The fourth-order valence-corrected chi connectivity index (χ4v) is 3.06. The lowest BCUT2D eigenvalue weighted by Gasteiger charge is -2.28. The Balaban J connectivity index is 1.67. The standard InChI is InChI=1S/C14H16ClN3O3/c15-13(16-20)12-7-6-11-8-17(12)14(19)18(11)21-9-10-4-2-1-3-5-10/h1-5,11-12,20H,6-9H2/b16-13-/t11-,12+/m1/s1. The molecule has 0 saturated carbocycles. The van der Waals surface area contributed by atoms with Crippen molar-refractivity contribution in [1.29, 1.82) is 0 Å². The van der Waals surface area contributed by atoms with Gasteiger partial charge in [0.25, 0.3) is 0 Å². The summed E-state index contributed by atoms with van der Waals surface area (Å²) in [7, 11) is 0. The molecular weight excluding hydrogens is 294 g/mol. The molecule has 2 amide bonds. The van der Waals surface area contributed by atoms with Gasteiger partial charge in [0.1, 0.15) is 6.61 Å². The molecule has 1 aromatic rings. The first-order valence-electron chi connectivity index (χ1n) is 6.85. The molecule has 0 spiro atoms. The van der Waals surface area contributed by atoms with Crippen molar-refractivity contribution in [2.24, 2.45) is 5.16 Å². The number of amides is 2. The number of rotatable bonds is 4. The lowest BCUT2D eigenvalue weighted by atomic mass is 10.0. The fourth-order valence-electron chi connectivity index (χ4n) is 2.83. The third kappa shape index (κ3) is 2.69. The average molecular weight is 310 g/mol. The van der Waals surface area contributed by atoms with Crippen LogP contribution in [0.4, 0.5) is 4.79 Å². The van der Waals surface area contributed by atoms with E-state index < -0.39 is 0 Å². The summed E-state index contributed by atoms with van der Waals surface area (Å²) in [5.74, 6) is 0. The number of urea groups is 1. The monoisotopic (exact) mass is 309 g/mol. The molecule has 2 aliphatic heterocycles. The van der Waals surface area contributed by atoms with E-state index in [1.54, 1.807) is 4.90 Å². The molecule has 2 aliphatic rings. The van der Waals surface area contributed by atoms with Gasteiger partial charge in [-0.25, -0.2) is 4.79 Å². The summed E-state index contributed by atoms with van der Waals surface area (Å²) in [4.78, 5) is 19.6. The molecule has 1 N–H and O–H groups in total. The van der Waals surface area contributed by atoms with Gasteiger partial charge in [0.15, 0.2) is 5.17 Å². The second-order valence-corrected chi connectivity index (χ2v) is 5.58. The largest absolute Gasteiger partial charge is 0.410 e. The van der Waals surface area contributed by atoms with E-state index in [-0.39, 0.29) is 23.3 Å². The van der Waals surface area contributed by atoms with Gasteiger partial charge in [-0.05, 0) is 18.4 Å². The number of hydrogen-bond acceptors (Lipinski definition) is 4. The van der Waals surface area contributed by atoms with Crippen LogP contribution in [0, 0.1) is 0 Å². The molecule has 2 heterocycles. The van der Waals surface area contributed by atoms with E-state index in [0.29, 0.717) is 19.6 Å². The van der Waals surface area contributed by atoms with Gasteiger partial charge in [0, 0.05) is 6.54 Å². The van der Waals surface area contributed by atoms with Crippen LogP contribution in [0.1, 0.15) is 18.4 Å². The number of hydroxylamine groups is 2. The van der Waals surface area contributed by atoms with Gasteiger partial charge in [0.2, 0.25) is 0 Å². The summed E-state index contributed by atoms with van der Waals surface area (Å²) in [5, 5.41) is 13.3.